The van der Waals surface area contributed by atoms with Crippen LogP contribution >= 0.6 is 0 Å². The maximum absolute atomic E-state index is 13.8. The summed E-state index contributed by atoms with van der Waals surface area (Å²) in [6.07, 6.45) is 1.99. The molecule has 0 radical (unpaired) electrons. The zero-order chi connectivity index (χ0) is 18.6. The Morgan fingerprint density at radius 3 is 2.27 bits per heavy atom. The molecule has 1 aliphatic heterocycles. The van der Waals surface area contributed by atoms with Gasteiger partial charge in [0.2, 0.25) is 10.0 Å². The van der Waals surface area contributed by atoms with Crippen LogP contribution in [-0.4, -0.2) is 50.3 Å². The van der Waals surface area contributed by atoms with Gasteiger partial charge in [0.25, 0.3) is 0 Å². The quantitative estimate of drug-likeness (QED) is 0.774. The molecule has 0 atom stereocenters. The van der Waals surface area contributed by atoms with E-state index in [0.717, 1.165) is 31.5 Å². The average molecular weight is 380 g/mol. The van der Waals surface area contributed by atoms with Crippen molar-refractivity contribution in [2.75, 3.05) is 32.7 Å². The topological polar surface area (TPSA) is 40.6 Å². The van der Waals surface area contributed by atoms with E-state index >= 15 is 0 Å². The van der Waals surface area contributed by atoms with Gasteiger partial charge in [-0.25, -0.2) is 17.2 Å². The molecule has 2 aromatic carbocycles. The van der Waals surface area contributed by atoms with E-state index in [1.807, 2.05) is 18.2 Å². The highest BCUT2D eigenvalue weighted by molar-refractivity contribution is 7.89. The van der Waals surface area contributed by atoms with Crippen molar-refractivity contribution >= 4 is 10.0 Å². The van der Waals surface area contributed by atoms with Gasteiger partial charge in [0.1, 0.15) is 16.5 Å². The normalized spacial score (nSPS) is 16.7. The first kappa shape index (κ1) is 18.9. The van der Waals surface area contributed by atoms with Crippen molar-refractivity contribution in [3.63, 3.8) is 0 Å². The molecular formula is C19H22F2N2O2S. The molecule has 4 nitrogen and oxygen atoms in total. The van der Waals surface area contributed by atoms with Crippen molar-refractivity contribution in [2.45, 2.75) is 17.7 Å². The Kier molecular flexibility index (Phi) is 6.01. The lowest BCUT2D eigenvalue weighted by atomic mass is 10.1. The van der Waals surface area contributed by atoms with Crippen LogP contribution in [0.4, 0.5) is 8.78 Å². The van der Waals surface area contributed by atoms with Gasteiger partial charge in [-0.1, -0.05) is 30.3 Å². The van der Waals surface area contributed by atoms with Crippen LogP contribution in [0.5, 0.6) is 0 Å². The lowest BCUT2D eigenvalue weighted by molar-refractivity contribution is 0.186. The molecule has 0 unspecified atom stereocenters. The summed E-state index contributed by atoms with van der Waals surface area (Å²) in [5.41, 5.74) is 1.29. The third-order valence-electron chi connectivity index (χ3n) is 4.63. The van der Waals surface area contributed by atoms with Crippen LogP contribution in [0, 0.1) is 11.6 Å². The number of hydrogen-bond acceptors (Lipinski definition) is 3. The minimum absolute atomic E-state index is 0.310. The maximum atomic E-state index is 13.8. The summed E-state index contributed by atoms with van der Waals surface area (Å²) in [5, 5.41) is 0. The lowest BCUT2D eigenvalue weighted by Crippen LogP contribution is -2.48. The lowest BCUT2D eigenvalue weighted by Gasteiger charge is -2.34. The summed E-state index contributed by atoms with van der Waals surface area (Å²) in [6, 6.07) is 12.8. The number of nitrogens with zero attached hydrogens (tertiary/aromatic N) is 2. The van der Waals surface area contributed by atoms with Crippen LogP contribution in [0.15, 0.2) is 53.4 Å². The molecule has 0 amide bonds. The Labute approximate surface area is 153 Å². The predicted octanol–water partition coefficient (Wildman–Crippen LogP) is 2.90. The van der Waals surface area contributed by atoms with Crippen molar-refractivity contribution in [3.05, 3.63) is 65.7 Å². The Balaban J connectivity index is 1.53. The van der Waals surface area contributed by atoms with Gasteiger partial charge in [-0.3, -0.25) is 0 Å². The van der Waals surface area contributed by atoms with E-state index in [0.29, 0.717) is 32.2 Å². The van der Waals surface area contributed by atoms with Crippen molar-refractivity contribution < 1.29 is 17.2 Å². The van der Waals surface area contributed by atoms with Crippen LogP contribution in [0.2, 0.25) is 0 Å². The Morgan fingerprint density at radius 1 is 0.923 bits per heavy atom. The highest BCUT2D eigenvalue weighted by atomic mass is 32.2. The molecule has 1 aliphatic rings. The summed E-state index contributed by atoms with van der Waals surface area (Å²) in [4.78, 5) is 1.76. The van der Waals surface area contributed by atoms with Gasteiger partial charge in [-0.2, -0.15) is 4.31 Å². The molecule has 1 heterocycles. The van der Waals surface area contributed by atoms with Crippen LogP contribution < -0.4 is 0 Å². The Morgan fingerprint density at radius 2 is 1.62 bits per heavy atom. The average Bonchev–Trinajstić information content (AvgIpc) is 2.63. The van der Waals surface area contributed by atoms with Crippen molar-refractivity contribution in [2.24, 2.45) is 0 Å². The number of halogens is 2. The molecule has 0 bridgehead atoms. The third kappa shape index (κ3) is 4.47. The van der Waals surface area contributed by atoms with Crippen molar-refractivity contribution in [3.8, 4) is 0 Å². The fourth-order valence-corrected chi connectivity index (χ4v) is 4.64. The highest BCUT2D eigenvalue weighted by Crippen LogP contribution is 2.21. The highest BCUT2D eigenvalue weighted by Gasteiger charge is 2.30. The van der Waals surface area contributed by atoms with E-state index < -0.39 is 26.6 Å². The first-order chi connectivity index (χ1) is 12.5. The molecule has 1 fully saturated rings. The predicted molar refractivity (Wildman–Crippen MR) is 96.3 cm³/mol. The number of hydrogen-bond donors (Lipinski definition) is 0. The molecule has 3 rings (SSSR count). The van der Waals surface area contributed by atoms with Gasteiger partial charge in [-0.05, 0) is 37.1 Å². The minimum Gasteiger partial charge on any atom is -0.301 e. The molecule has 0 aromatic heterocycles. The fraction of sp³-hybridized carbons (Fsp3) is 0.368. The largest absolute Gasteiger partial charge is 0.301 e. The second-order valence-electron chi connectivity index (χ2n) is 6.41. The summed E-state index contributed by atoms with van der Waals surface area (Å²) >= 11 is 0. The number of sulfonamides is 1. The van der Waals surface area contributed by atoms with Crippen LogP contribution in [0.1, 0.15) is 12.0 Å². The van der Waals surface area contributed by atoms with E-state index in [4.69, 9.17) is 0 Å². The van der Waals surface area contributed by atoms with E-state index in [1.165, 1.54) is 9.87 Å². The van der Waals surface area contributed by atoms with E-state index in [1.54, 1.807) is 0 Å². The molecule has 2 aromatic rings. The summed E-state index contributed by atoms with van der Waals surface area (Å²) in [6.45, 7) is 2.73. The van der Waals surface area contributed by atoms with Gasteiger partial charge >= 0.3 is 0 Å². The summed E-state index contributed by atoms with van der Waals surface area (Å²) in [7, 11) is -3.93. The first-order valence-electron chi connectivity index (χ1n) is 8.68. The number of piperazine rings is 1. The first-order valence-corrected chi connectivity index (χ1v) is 10.1. The van der Waals surface area contributed by atoms with Crippen molar-refractivity contribution in [1.29, 1.82) is 0 Å². The SMILES string of the molecule is O=S(=O)(c1ccc(F)cc1F)N1CCN(CCCc2ccccc2)CC1. The number of benzene rings is 2. The second-order valence-corrected chi connectivity index (χ2v) is 8.32. The number of aryl methyl sites for hydroxylation is 1. The molecule has 0 aliphatic carbocycles. The smallest absolute Gasteiger partial charge is 0.246 e. The van der Waals surface area contributed by atoms with E-state index in [2.05, 4.69) is 17.0 Å². The molecule has 26 heavy (non-hydrogen) atoms. The zero-order valence-corrected chi connectivity index (χ0v) is 15.3. The van der Waals surface area contributed by atoms with Crippen LogP contribution in [0.3, 0.4) is 0 Å². The molecule has 7 heteroatoms. The molecule has 140 valence electrons. The molecule has 1 saturated heterocycles. The van der Waals surface area contributed by atoms with Crippen LogP contribution in [-0.2, 0) is 16.4 Å². The van der Waals surface area contributed by atoms with Gasteiger partial charge in [0.15, 0.2) is 0 Å². The van der Waals surface area contributed by atoms with Gasteiger partial charge in [0, 0.05) is 32.2 Å². The summed E-state index contributed by atoms with van der Waals surface area (Å²) < 4.78 is 53.3. The third-order valence-corrected chi connectivity index (χ3v) is 6.56. The summed E-state index contributed by atoms with van der Waals surface area (Å²) in [5.74, 6) is -1.83. The molecule has 0 N–H and O–H groups in total. The van der Waals surface area contributed by atoms with Gasteiger partial charge in [0.05, 0.1) is 0 Å². The van der Waals surface area contributed by atoms with E-state index in [-0.39, 0.29) is 0 Å². The Hall–Kier alpha value is -1.83. The maximum Gasteiger partial charge on any atom is 0.246 e. The van der Waals surface area contributed by atoms with Gasteiger partial charge in [-0.15, -0.1) is 0 Å². The minimum atomic E-state index is -3.93. The monoisotopic (exact) mass is 380 g/mol. The fourth-order valence-electron chi connectivity index (χ4n) is 3.17. The zero-order valence-electron chi connectivity index (χ0n) is 14.4. The second kappa shape index (κ2) is 8.24. The number of rotatable bonds is 6. The standard InChI is InChI=1S/C19H22F2N2O2S/c20-17-8-9-19(18(21)15-17)26(24,25)23-13-11-22(12-14-23)10-4-7-16-5-2-1-3-6-16/h1-3,5-6,8-9,15H,4,7,10-14H2. The van der Waals surface area contributed by atoms with Crippen molar-refractivity contribution in [1.82, 2.24) is 9.21 Å². The Bertz CT molecular complexity index is 836. The molecule has 0 spiro atoms. The van der Waals surface area contributed by atoms with Gasteiger partial charge < -0.3 is 4.90 Å². The molecule has 0 saturated carbocycles. The van der Waals surface area contributed by atoms with Crippen LogP contribution in [0.25, 0.3) is 0 Å². The van der Waals surface area contributed by atoms with E-state index in [9.17, 15) is 17.2 Å². The molecular weight excluding hydrogens is 358 g/mol.